The van der Waals surface area contributed by atoms with Crippen LogP contribution in [0.15, 0.2) is 18.2 Å². The Bertz CT molecular complexity index is 491. The zero-order chi connectivity index (χ0) is 13.2. The number of para-hydroxylation sites is 1. The van der Waals surface area contributed by atoms with Crippen LogP contribution in [-0.4, -0.2) is 48.1 Å². The fourth-order valence-electron chi connectivity index (χ4n) is 2.52. The van der Waals surface area contributed by atoms with E-state index in [4.69, 9.17) is 4.74 Å². The van der Waals surface area contributed by atoms with Crippen molar-refractivity contribution in [1.82, 2.24) is 5.32 Å². The van der Waals surface area contributed by atoms with E-state index in [9.17, 15) is 8.76 Å². The molecule has 1 unspecified atom stereocenters. The van der Waals surface area contributed by atoms with Gasteiger partial charge in [-0.05, 0) is 12.1 Å². The smallest absolute Gasteiger partial charge is 0.166 e. The monoisotopic (exact) mass is 282 g/mol. The van der Waals surface area contributed by atoms with Gasteiger partial charge in [0.05, 0.1) is 17.9 Å². The van der Waals surface area contributed by atoms with Gasteiger partial charge < -0.3 is 19.5 Å². The van der Waals surface area contributed by atoms with Crippen LogP contribution in [0.25, 0.3) is 0 Å². The number of nitrogens with one attached hydrogen (secondary N) is 1. The van der Waals surface area contributed by atoms with Crippen molar-refractivity contribution in [2.45, 2.75) is 0 Å². The van der Waals surface area contributed by atoms with Crippen molar-refractivity contribution in [3.8, 4) is 5.75 Å². The highest BCUT2D eigenvalue weighted by Gasteiger charge is 2.24. The van der Waals surface area contributed by atoms with Gasteiger partial charge in [0, 0.05) is 37.4 Å². The Morgan fingerprint density at radius 3 is 2.68 bits per heavy atom. The molecule has 0 aliphatic carbocycles. The summed E-state index contributed by atoms with van der Waals surface area (Å²) in [6.07, 6.45) is 0. The summed E-state index contributed by atoms with van der Waals surface area (Å²) in [5, 5.41) is 3.30. The van der Waals surface area contributed by atoms with Crippen LogP contribution in [-0.2, 0) is 11.3 Å². The first-order chi connectivity index (χ1) is 9.27. The molecule has 0 saturated carbocycles. The molecule has 3 rings (SSSR count). The quantitative estimate of drug-likeness (QED) is 0.779. The molecule has 19 heavy (non-hydrogen) atoms. The molecule has 1 aromatic carbocycles. The largest absolute Gasteiger partial charge is 0.755 e. The van der Waals surface area contributed by atoms with Gasteiger partial charge in [0.1, 0.15) is 6.61 Å². The van der Waals surface area contributed by atoms with E-state index in [1.165, 1.54) is 4.31 Å². The Labute approximate surface area is 114 Å². The molecule has 1 aromatic rings. The number of benzene rings is 1. The van der Waals surface area contributed by atoms with E-state index in [0.29, 0.717) is 24.6 Å². The van der Waals surface area contributed by atoms with E-state index in [2.05, 4.69) is 10.2 Å². The fourth-order valence-corrected chi connectivity index (χ4v) is 3.05. The van der Waals surface area contributed by atoms with Crippen molar-refractivity contribution in [1.29, 1.82) is 0 Å². The maximum atomic E-state index is 11.3. The Morgan fingerprint density at radius 2 is 1.95 bits per heavy atom. The third-order valence-electron chi connectivity index (χ3n) is 3.42. The molecule has 1 atom stereocenters. The molecule has 7 heteroatoms. The second kappa shape index (κ2) is 5.36. The van der Waals surface area contributed by atoms with E-state index < -0.39 is 11.3 Å². The van der Waals surface area contributed by atoms with Crippen LogP contribution in [0.2, 0.25) is 0 Å². The minimum atomic E-state index is -2.25. The van der Waals surface area contributed by atoms with Crippen molar-refractivity contribution in [3.63, 3.8) is 0 Å². The van der Waals surface area contributed by atoms with E-state index in [-0.39, 0.29) is 0 Å². The summed E-state index contributed by atoms with van der Waals surface area (Å²) in [5.41, 5.74) is 1.62. The van der Waals surface area contributed by atoms with Crippen LogP contribution in [0.4, 0.5) is 11.4 Å². The minimum Gasteiger partial charge on any atom is -0.755 e. The summed E-state index contributed by atoms with van der Waals surface area (Å²) >= 11 is -2.25. The van der Waals surface area contributed by atoms with Crippen molar-refractivity contribution in [2.75, 3.05) is 48.5 Å². The number of anilines is 2. The number of fused-ring (bicyclic) bond motifs is 1. The Hall–Kier alpha value is -1.31. The van der Waals surface area contributed by atoms with Crippen LogP contribution in [0, 0.1) is 0 Å². The van der Waals surface area contributed by atoms with Crippen LogP contribution < -0.4 is 19.3 Å². The molecule has 6 nitrogen and oxygen atoms in total. The first-order valence-electron chi connectivity index (χ1n) is 6.36. The topological polar surface area (TPSA) is 67.9 Å². The maximum absolute atomic E-state index is 11.3. The molecule has 0 spiro atoms. The molecule has 1 fully saturated rings. The van der Waals surface area contributed by atoms with Gasteiger partial charge in [-0.25, -0.2) is 0 Å². The molecule has 104 valence electrons. The highest BCUT2D eigenvalue weighted by atomic mass is 32.2. The molecule has 1 saturated heterocycles. The van der Waals surface area contributed by atoms with E-state index in [1.807, 2.05) is 12.1 Å². The summed E-state index contributed by atoms with van der Waals surface area (Å²) in [4.78, 5) is 2.23. The van der Waals surface area contributed by atoms with Crippen molar-refractivity contribution < 1.29 is 13.5 Å². The number of ether oxygens (including phenoxy) is 1. The fraction of sp³-hybridized carbons (Fsp3) is 0.500. The molecule has 1 N–H and O–H groups in total. The van der Waals surface area contributed by atoms with Crippen molar-refractivity contribution in [2.24, 2.45) is 0 Å². The van der Waals surface area contributed by atoms with E-state index in [1.54, 1.807) is 6.07 Å². The van der Waals surface area contributed by atoms with Crippen molar-refractivity contribution in [3.05, 3.63) is 18.2 Å². The summed E-state index contributed by atoms with van der Waals surface area (Å²) in [6.45, 7) is 4.43. The molecule has 0 aromatic heterocycles. The lowest BCUT2D eigenvalue weighted by Crippen LogP contribution is -2.44. The van der Waals surface area contributed by atoms with Crippen molar-refractivity contribution >= 4 is 22.6 Å². The summed E-state index contributed by atoms with van der Waals surface area (Å²) in [5.74, 6) is 0.680. The SMILES string of the molecule is O=S([O-])N1CCOc2c(N3CCNCC3)cccc21. The zero-order valence-corrected chi connectivity index (χ0v) is 11.3. The Kier molecular flexibility index (Phi) is 3.58. The molecular formula is C12H16N3O3S-. The Balaban J connectivity index is 1.98. The summed E-state index contributed by atoms with van der Waals surface area (Å²) < 4.78 is 29.6. The molecular weight excluding hydrogens is 266 g/mol. The third kappa shape index (κ3) is 2.41. The predicted octanol–water partition coefficient (Wildman–Crippen LogP) is 0.0891. The van der Waals surface area contributed by atoms with Crippen LogP contribution in [0.1, 0.15) is 0 Å². The first-order valence-corrected chi connectivity index (χ1v) is 7.39. The second-order valence-corrected chi connectivity index (χ2v) is 5.41. The zero-order valence-electron chi connectivity index (χ0n) is 10.5. The van der Waals surface area contributed by atoms with E-state index in [0.717, 1.165) is 31.9 Å². The number of piperazine rings is 1. The van der Waals surface area contributed by atoms with Gasteiger partial charge in [-0.1, -0.05) is 6.07 Å². The molecule has 2 heterocycles. The normalized spacial score (nSPS) is 20.7. The molecule has 2 aliphatic heterocycles. The number of rotatable bonds is 2. The number of hydrogen-bond donors (Lipinski definition) is 1. The van der Waals surface area contributed by atoms with Crippen LogP contribution >= 0.6 is 0 Å². The summed E-state index contributed by atoms with van der Waals surface area (Å²) in [7, 11) is 0. The average molecular weight is 282 g/mol. The van der Waals surface area contributed by atoms with Crippen LogP contribution in [0.3, 0.4) is 0 Å². The highest BCUT2D eigenvalue weighted by molar-refractivity contribution is 7.80. The van der Waals surface area contributed by atoms with E-state index >= 15 is 0 Å². The molecule has 0 bridgehead atoms. The predicted molar refractivity (Wildman–Crippen MR) is 73.3 cm³/mol. The lowest BCUT2D eigenvalue weighted by Gasteiger charge is -2.36. The van der Waals surface area contributed by atoms with Gasteiger partial charge in [0.15, 0.2) is 5.75 Å². The molecule has 0 radical (unpaired) electrons. The average Bonchev–Trinajstić information content (AvgIpc) is 2.46. The molecule has 0 amide bonds. The molecule has 2 aliphatic rings. The number of nitrogens with zero attached hydrogens (tertiary/aromatic N) is 2. The van der Waals surface area contributed by atoms with Gasteiger partial charge >= 0.3 is 0 Å². The standard InChI is InChI=1S/C12H17N3O3S/c16-19(17)15-8-9-18-12-10(2-1-3-11(12)15)14-6-4-13-5-7-14/h1-3,13H,4-9H2,(H,16,17)/p-1. The van der Waals surface area contributed by atoms with Gasteiger partial charge in [0.25, 0.3) is 0 Å². The van der Waals surface area contributed by atoms with Gasteiger partial charge in [-0.2, -0.15) is 0 Å². The van der Waals surface area contributed by atoms with Gasteiger partial charge in [-0.15, -0.1) is 0 Å². The Morgan fingerprint density at radius 1 is 1.21 bits per heavy atom. The van der Waals surface area contributed by atoms with Gasteiger partial charge in [-0.3, -0.25) is 8.51 Å². The first kappa shape index (κ1) is 12.7. The lowest BCUT2D eigenvalue weighted by atomic mass is 10.2. The summed E-state index contributed by atoms with van der Waals surface area (Å²) in [6, 6.07) is 5.65. The van der Waals surface area contributed by atoms with Crippen LogP contribution in [0.5, 0.6) is 5.75 Å². The minimum absolute atomic E-state index is 0.369. The number of hydrogen-bond acceptors (Lipinski definition) is 5. The third-order valence-corrected chi connectivity index (χ3v) is 4.16. The second-order valence-electron chi connectivity index (χ2n) is 4.53. The van der Waals surface area contributed by atoms with Gasteiger partial charge in [0.2, 0.25) is 0 Å². The lowest BCUT2D eigenvalue weighted by molar-refractivity contribution is 0.315. The highest BCUT2D eigenvalue weighted by Crippen LogP contribution is 2.40. The maximum Gasteiger partial charge on any atom is 0.166 e.